The van der Waals surface area contributed by atoms with Crippen molar-refractivity contribution < 1.29 is 14.7 Å². The summed E-state index contributed by atoms with van der Waals surface area (Å²) < 4.78 is 0. The average molecular weight is 225 g/mol. The number of aliphatic carboxylic acids is 1. The molecule has 1 aliphatic carbocycles. The summed E-state index contributed by atoms with van der Waals surface area (Å²) in [5.41, 5.74) is 0.142. The van der Waals surface area contributed by atoms with Gasteiger partial charge in [0.2, 0.25) is 5.91 Å². The maximum atomic E-state index is 11.8. The summed E-state index contributed by atoms with van der Waals surface area (Å²) in [5, 5.41) is 8.94. The number of amides is 1. The lowest BCUT2D eigenvalue weighted by molar-refractivity contribution is -0.141. The molecule has 4 heteroatoms. The standard InChI is InChI=1S/C12H19NO3/c1-12(2)5-3-4-9(12)13-7-8(11(15)16)6-10(13)14/h8-9H,3-7H2,1-2H3,(H,15,16). The molecule has 2 unspecified atom stereocenters. The molecule has 2 rings (SSSR count). The van der Waals surface area contributed by atoms with Crippen LogP contribution in [0.4, 0.5) is 0 Å². The lowest BCUT2D eigenvalue weighted by atomic mass is 9.86. The molecule has 1 saturated heterocycles. The van der Waals surface area contributed by atoms with Crippen molar-refractivity contribution in [1.29, 1.82) is 0 Å². The second kappa shape index (κ2) is 3.75. The number of hydrogen-bond acceptors (Lipinski definition) is 2. The Balaban J connectivity index is 2.11. The minimum Gasteiger partial charge on any atom is -0.481 e. The van der Waals surface area contributed by atoms with Crippen LogP contribution < -0.4 is 0 Å². The van der Waals surface area contributed by atoms with E-state index < -0.39 is 11.9 Å². The van der Waals surface area contributed by atoms with Gasteiger partial charge >= 0.3 is 5.97 Å². The molecule has 0 aromatic carbocycles. The van der Waals surface area contributed by atoms with E-state index >= 15 is 0 Å². The van der Waals surface area contributed by atoms with Gasteiger partial charge in [0.1, 0.15) is 0 Å². The number of carboxylic acids is 1. The average Bonchev–Trinajstić information content (AvgIpc) is 2.68. The van der Waals surface area contributed by atoms with Crippen LogP contribution in [0.1, 0.15) is 39.5 Å². The molecule has 1 heterocycles. The van der Waals surface area contributed by atoms with Crippen LogP contribution in [-0.4, -0.2) is 34.5 Å². The van der Waals surface area contributed by atoms with Crippen LogP contribution in [0.2, 0.25) is 0 Å². The predicted octanol–water partition coefficient (Wildman–Crippen LogP) is 1.50. The Morgan fingerprint density at radius 1 is 1.50 bits per heavy atom. The summed E-state index contributed by atoms with van der Waals surface area (Å²) in [6.07, 6.45) is 3.46. The van der Waals surface area contributed by atoms with Crippen molar-refractivity contribution in [3.63, 3.8) is 0 Å². The molecule has 2 aliphatic rings. The number of likely N-dealkylation sites (tertiary alicyclic amines) is 1. The highest BCUT2D eigenvalue weighted by Crippen LogP contribution is 2.42. The Bertz CT molecular complexity index is 324. The summed E-state index contributed by atoms with van der Waals surface area (Å²) >= 11 is 0. The fourth-order valence-electron chi connectivity index (χ4n) is 3.08. The maximum absolute atomic E-state index is 11.8. The summed E-state index contributed by atoms with van der Waals surface area (Å²) in [4.78, 5) is 24.5. The molecule has 1 amide bonds. The molecule has 1 saturated carbocycles. The normalized spacial score (nSPS) is 33.4. The number of carbonyl (C=O) groups excluding carboxylic acids is 1. The maximum Gasteiger partial charge on any atom is 0.308 e. The smallest absolute Gasteiger partial charge is 0.308 e. The van der Waals surface area contributed by atoms with Crippen LogP contribution in [0.15, 0.2) is 0 Å². The SMILES string of the molecule is CC1(C)CCCC1N1CC(C(=O)O)CC1=O. The quantitative estimate of drug-likeness (QED) is 0.774. The molecule has 16 heavy (non-hydrogen) atoms. The van der Waals surface area contributed by atoms with Gasteiger partial charge in [-0.15, -0.1) is 0 Å². The van der Waals surface area contributed by atoms with Gasteiger partial charge in [0.05, 0.1) is 5.92 Å². The highest BCUT2D eigenvalue weighted by Gasteiger charge is 2.45. The van der Waals surface area contributed by atoms with Gasteiger partial charge in [-0.25, -0.2) is 0 Å². The van der Waals surface area contributed by atoms with Crippen LogP contribution in [0.25, 0.3) is 0 Å². The molecule has 2 atom stereocenters. The fraction of sp³-hybridized carbons (Fsp3) is 0.833. The van der Waals surface area contributed by atoms with Crippen molar-refractivity contribution in [2.75, 3.05) is 6.54 Å². The highest BCUT2D eigenvalue weighted by molar-refractivity contribution is 5.86. The number of nitrogens with zero attached hydrogens (tertiary/aromatic N) is 1. The third-order valence-corrected chi connectivity index (χ3v) is 4.08. The predicted molar refractivity (Wildman–Crippen MR) is 58.9 cm³/mol. The molecule has 4 nitrogen and oxygen atoms in total. The summed E-state index contributed by atoms with van der Waals surface area (Å²) in [7, 11) is 0. The van der Waals surface area contributed by atoms with Gasteiger partial charge < -0.3 is 10.0 Å². The lowest BCUT2D eigenvalue weighted by Gasteiger charge is -2.35. The van der Waals surface area contributed by atoms with E-state index in [0.717, 1.165) is 19.3 Å². The Morgan fingerprint density at radius 3 is 2.62 bits per heavy atom. The Hall–Kier alpha value is -1.06. The summed E-state index contributed by atoms with van der Waals surface area (Å²) in [6.45, 7) is 4.75. The molecule has 1 aliphatic heterocycles. The van der Waals surface area contributed by atoms with E-state index in [1.807, 2.05) is 4.90 Å². The van der Waals surface area contributed by atoms with Crippen molar-refractivity contribution in [2.24, 2.45) is 11.3 Å². The third-order valence-electron chi connectivity index (χ3n) is 4.08. The van der Waals surface area contributed by atoms with E-state index in [0.29, 0.717) is 6.54 Å². The van der Waals surface area contributed by atoms with Crippen molar-refractivity contribution >= 4 is 11.9 Å². The number of carboxylic acid groups (broad SMARTS) is 1. The Morgan fingerprint density at radius 2 is 2.19 bits per heavy atom. The van der Waals surface area contributed by atoms with Crippen molar-refractivity contribution in [2.45, 2.75) is 45.6 Å². The zero-order valence-electron chi connectivity index (χ0n) is 9.90. The van der Waals surface area contributed by atoms with Gasteiger partial charge in [-0.05, 0) is 18.3 Å². The van der Waals surface area contributed by atoms with E-state index in [1.165, 1.54) is 0 Å². The second-order valence-corrected chi connectivity index (χ2v) is 5.68. The van der Waals surface area contributed by atoms with Crippen LogP contribution in [0.5, 0.6) is 0 Å². The van der Waals surface area contributed by atoms with E-state index in [1.54, 1.807) is 0 Å². The zero-order chi connectivity index (χ0) is 11.9. The molecule has 0 aromatic heterocycles. The van der Waals surface area contributed by atoms with Crippen LogP contribution >= 0.6 is 0 Å². The Kier molecular flexibility index (Phi) is 2.68. The van der Waals surface area contributed by atoms with Gasteiger partial charge in [-0.1, -0.05) is 20.3 Å². The number of hydrogen-bond donors (Lipinski definition) is 1. The van der Waals surface area contributed by atoms with Crippen molar-refractivity contribution in [3.05, 3.63) is 0 Å². The molecule has 90 valence electrons. The minimum atomic E-state index is -0.841. The first-order chi connectivity index (χ1) is 7.42. The van der Waals surface area contributed by atoms with Gasteiger partial charge in [-0.3, -0.25) is 9.59 Å². The monoisotopic (exact) mass is 225 g/mol. The molecule has 0 spiro atoms. The van der Waals surface area contributed by atoms with Gasteiger partial charge in [0.15, 0.2) is 0 Å². The number of carbonyl (C=O) groups is 2. The fourth-order valence-corrected chi connectivity index (χ4v) is 3.08. The van der Waals surface area contributed by atoms with Gasteiger partial charge in [0.25, 0.3) is 0 Å². The topological polar surface area (TPSA) is 57.6 Å². The first-order valence-corrected chi connectivity index (χ1v) is 5.94. The van der Waals surface area contributed by atoms with Gasteiger partial charge in [-0.2, -0.15) is 0 Å². The van der Waals surface area contributed by atoms with E-state index in [9.17, 15) is 9.59 Å². The zero-order valence-corrected chi connectivity index (χ0v) is 9.90. The minimum absolute atomic E-state index is 0.0207. The second-order valence-electron chi connectivity index (χ2n) is 5.68. The van der Waals surface area contributed by atoms with E-state index in [-0.39, 0.29) is 23.8 Å². The molecule has 0 bridgehead atoms. The van der Waals surface area contributed by atoms with Gasteiger partial charge in [0, 0.05) is 19.0 Å². The molecular weight excluding hydrogens is 206 g/mol. The van der Waals surface area contributed by atoms with E-state index in [2.05, 4.69) is 13.8 Å². The summed E-state index contributed by atoms with van der Waals surface area (Å²) in [5.74, 6) is -1.32. The highest BCUT2D eigenvalue weighted by atomic mass is 16.4. The first kappa shape index (κ1) is 11.4. The largest absolute Gasteiger partial charge is 0.481 e. The summed E-state index contributed by atoms with van der Waals surface area (Å²) in [6, 6.07) is 0.240. The lowest BCUT2D eigenvalue weighted by Crippen LogP contribution is -2.43. The molecule has 0 radical (unpaired) electrons. The molecular formula is C12H19NO3. The van der Waals surface area contributed by atoms with Crippen LogP contribution in [0, 0.1) is 11.3 Å². The van der Waals surface area contributed by atoms with Crippen LogP contribution in [-0.2, 0) is 9.59 Å². The van der Waals surface area contributed by atoms with E-state index in [4.69, 9.17) is 5.11 Å². The third kappa shape index (κ3) is 1.81. The van der Waals surface area contributed by atoms with Crippen LogP contribution in [0.3, 0.4) is 0 Å². The van der Waals surface area contributed by atoms with Crippen molar-refractivity contribution in [3.8, 4) is 0 Å². The molecule has 0 aromatic rings. The first-order valence-electron chi connectivity index (χ1n) is 5.94. The molecule has 1 N–H and O–H groups in total. The molecule has 2 fully saturated rings. The van der Waals surface area contributed by atoms with Crippen molar-refractivity contribution in [1.82, 2.24) is 4.90 Å². The Labute approximate surface area is 95.6 Å². The number of rotatable bonds is 2.